The number of nitrogens with two attached hydrogens (primary N) is 5. The summed E-state index contributed by atoms with van der Waals surface area (Å²) < 4.78 is 32.5. The van der Waals surface area contributed by atoms with Crippen LogP contribution in [0.15, 0.2) is 40.3 Å². The van der Waals surface area contributed by atoms with Crippen molar-refractivity contribution >= 4 is 116 Å². The van der Waals surface area contributed by atoms with Gasteiger partial charge in [-0.1, -0.05) is 51.9 Å². The number of amides is 10. The average Bonchev–Trinajstić information content (AvgIpc) is 1.11. The van der Waals surface area contributed by atoms with Crippen LogP contribution in [0.1, 0.15) is 44.1 Å². The van der Waals surface area contributed by atoms with Gasteiger partial charge in [0.25, 0.3) is 0 Å². The molecule has 1 aromatic rings. The summed E-state index contributed by atoms with van der Waals surface area (Å²) in [5.74, 6) is -12.4. The van der Waals surface area contributed by atoms with Crippen LogP contribution in [0.5, 0.6) is 0 Å². The van der Waals surface area contributed by atoms with Crippen LogP contribution < -0.4 is 81.8 Å². The Balaban J connectivity index is 2.49. The zero-order valence-corrected chi connectivity index (χ0v) is 55.9. The van der Waals surface area contributed by atoms with Gasteiger partial charge in [0.15, 0.2) is 11.9 Å². The Hall–Kier alpha value is -7.83. The van der Waals surface area contributed by atoms with Crippen molar-refractivity contribution in [1.82, 2.24) is 53.2 Å². The van der Waals surface area contributed by atoms with Crippen LogP contribution in [-0.2, 0) is 92.4 Å². The molecule has 0 radical (unpaired) electrons. The highest BCUT2D eigenvalue weighted by Gasteiger charge is 2.34. The largest absolute Gasteiger partial charge is 0.481 e. The van der Waals surface area contributed by atoms with Gasteiger partial charge in [-0.25, -0.2) is 4.79 Å². The summed E-state index contributed by atoms with van der Waals surface area (Å²) in [7, 11) is 1.91. The molecule has 540 valence electrons. The van der Waals surface area contributed by atoms with Crippen molar-refractivity contribution in [1.29, 1.82) is 0 Å². The smallest absolute Gasteiger partial charge is 0.327 e. The van der Waals surface area contributed by atoms with Crippen molar-refractivity contribution in [3.8, 4) is 0 Å². The maximum Gasteiger partial charge on any atom is 0.327 e. The summed E-state index contributed by atoms with van der Waals surface area (Å²) >= 11 is 1.28. The van der Waals surface area contributed by atoms with E-state index in [1.54, 1.807) is 36.6 Å². The van der Waals surface area contributed by atoms with Gasteiger partial charge in [0.2, 0.25) is 59.1 Å². The number of carbonyl (C=O) groups excluding carboxylic acids is 10. The molecule has 1 aliphatic heterocycles. The summed E-state index contributed by atoms with van der Waals surface area (Å²) in [5, 5.41) is 44.7. The van der Waals surface area contributed by atoms with E-state index in [9.17, 15) is 67.7 Å². The SMILES string of the molecule is CSCCC1NC(=O)C(CCCN=C(N)N)NC(=O)CNC(=O)CNC(=O)[C@H](Cc2ccccc2)NC(=O)C(NC(=O)COCCOCCOCCN)CSSCC(C(=O)O)NC(=O)COCCOCCOCCNC(=O)[C@H](CCCN=C(N)N)NC(=O)C(CC(=O)O)NC1=O. The minimum atomic E-state index is -1.81. The van der Waals surface area contributed by atoms with Gasteiger partial charge in [-0.05, 0) is 49.7 Å². The van der Waals surface area contributed by atoms with E-state index >= 15 is 0 Å². The quantitative estimate of drug-likeness (QED) is 0.0168. The molecule has 0 spiro atoms. The molecule has 2 rings (SSSR count). The van der Waals surface area contributed by atoms with Gasteiger partial charge in [-0.3, -0.25) is 62.7 Å². The number of carboxylic acid groups (broad SMARTS) is 2. The second-order valence-electron chi connectivity index (χ2n) is 20.6. The van der Waals surface area contributed by atoms with Crippen molar-refractivity contribution < 1.29 is 96.2 Å². The Bertz CT molecular complexity index is 2650. The van der Waals surface area contributed by atoms with Gasteiger partial charge >= 0.3 is 11.9 Å². The monoisotopic (exact) mass is 1420 g/mol. The molecule has 1 saturated heterocycles. The first-order valence-electron chi connectivity index (χ1n) is 30.4. The van der Waals surface area contributed by atoms with Gasteiger partial charge in [-0.15, -0.1) is 0 Å². The van der Waals surface area contributed by atoms with E-state index in [-0.39, 0.29) is 147 Å². The molecule has 0 saturated carbocycles. The molecule has 1 aliphatic rings. The summed E-state index contributed by atoms with van der Waals surface area (Å²) in [4.78, 5) is 169. The number of carbonyl (C=O) groups is 12. The third-order valence-corrected chi connectivity index (χ3v) is 15.9. The van der Waals surface area contributed by atoms with Gasteiger partial charge in [0, 0.05) is 44.1 Å². The number of hydrogen-bond acceptors (Lipinski definition) is 24. The van der Waals surface area contributed by atoms with Crippen LogP contribution in [0.25, 0.3) is 0 Å². The molecule has 0 bridgehead atoms. The van der Waals surface area contributed by atoms with E-state index in [1.807, 2.05) is 0 Å². The average molecular weight is 1420 g/mol. The van der Waals surface area contributed by atoms with Gasteiger partial charge in [0.1, 0.15) is 55.5 Å². The lowest BCUT2D eigenvalue weighted by Gasteiger charge is -2.26. The molecule has 7 atom stereocenters. The van der Waals surface area contributed by atoms with E-state index in [1.165, 1.54) is 11.8 Å². The zero-order valence-electron chi connectivity index (χ0n) is 53.5. The van der Waals surface area contributed by atoms with Crippen molar-refractivity contribution in [3.05, 3.63) is 35.9 Å². The number of ether oxygens (including phenoxy) is 6. The van der Waals surface area contributed by atoms with Crippen LogP contribution in [0.4, 0.5) is 0 Å². The van der Waals surface area contributed by atoms with E-state index < -0.39 is 146 Å². The van der Waals surface area contributed by atoms with E-state index in [2.05, 4.69) is 63.2 Å². The first kappa shape index (κ1) is 84.3. The van der Waals surface area contributed by atoms with Gasteiger partial charge in [0.05, 0.1) is 85.6 Å². The molecule has 1 fully saturated rings. The molecule has 0 aliphatic carbocycles. The number of hydrogen-bond donors (Lipinski definition) is 17. The predicted molar refractivity (Wildman–Crippen MR) is 354 cm³/mol. The topological polar surface area (TPSA) is 576 Å². The van der Waals surface area contributed by atoms with Crippen LogP contribution in [0.2, 0.25) is 0 Å². The highest BCUT2D eigenvalue weighted by atomic mass is 33.1. The lowest BCUT2D eigenvalue weighted by Crippen LogP contribution is -2.59. The standard InChI is InChI=1S/C56H93N17O20S3/c1-94-26-11-38-51(83)73-40(28-47(78)79)52(84)70-36(9-5-13-63-55(58)59)48(80)62-15-17-89-19-21-91-23-25-93-32-46(77)69-42(54(86)87)34-96-95-33-41(68-45(76)31-92-24-22-90-20-18-88-16-12-57)53(85)72-39(27-35-7-3-2-4-8-35)49(81)66-29-43(74)65-30-44(75)67-37(50(82)71-38)10-6-14-64-56(60)61/h2-4,7-8,36-42H,5-6,9-34,57H2,1H3,(H,62,80)(H,65,74)(H,66,81)(H,67,75)(H,68,76)(H,69,77)(H,70,84)(H,71,82)(H,72,85)(H,73,83)(H,78,79)(H,86,87)(H4,58,59,63)(H4,60,61,64)/t36-,37?,38?,39-,40?,41?,42?/m0/s1. The Kier molecular flexibility index (Phi) is 45.2. The number of nitrogens with zero attached hydrogens (tertiary/aromatic N) is 2. The van der Waals surface area contributed by atoms with Crippen LogP contribution in [-0.4, -0.2) is 278 Å². The lowest BCUT2D eigenvalue weighted by atomic mass is 10.0. The fraction of sp³-hybridized carbons (Fsp3) is 0.643. The molecule has 40 heteroatoms. The predicted octanol–water partition coefficient (Wildman–Crippen LogP) is -7.16. The molecule has 1 heterocycles. The van der Waals surface area contributed by atoms with Crippen LogP contribution >= 0.6 is 33.3 Å². The Morgan fingerprint density at radius 2 is 1.12 bits per heavy atom. The first-order chi connectivity index (χ1) is 46.0. The van der Waals surface area contributed by atoms with Gasteiger partial charge in [-0.2, -0.15) is 11.8 Å². The summed E-state index contributed by atoms with van der Waals surface area (Å²) in [6, 6.07) is -1.80. The molecule has 0 aromatic heterocycles. The number of benzene rings is 1. The highest BCUT2D eigenvalue weighted by molar-refractivity contribution is 8.76. The third kappa shape index (κ3) is 40.5. The highest BCUT2D eigenvalue weighted by Crippen LogP contribution is 2.23. The van der Waals surface area contributed by atoms with E-state index in [0.717, 1.165) is 21.6 Å². The number of aliphatic imine (C=N–C) groups is 2. The summed E-state index contributed by atoms with van der Waals surface area (Å²) in [6.45, 7) is -1.36. The van der Waals surface area contributed by atoms with Crippen molar-refractivity contribution in [2.75, 3.05) is 142 Å². The van der Waals surface area contributed by atoms with Crippen molar-refractivity contribution in [2.45, 2.75) is 87.2 Å². The second-order valence-corrected chi connectivity index (χ2v) is 24.1. The molecule has 96 heavy (non-hydrogen) atoms. The Morgan fingerprint density at radius 1 is 0.594 bits per heavy atom. The van der Waals surface area contributed by atoms with Crippen LogP contribution in [0.3, 0.4) is 0 Å². The zero-order chi connectivity index (χ0) is 70.9. The molecular weight excluding hydrogens is 1330 g/mol. The number of rotatable bonds is 27. The molecule has 37 nitrogen and oxygen atoms in total. The normalized spacial score (nSPS) is 21.6. The maximum atomic E-state index is 14.2. The first-order valence-corrected chi connectivity index (χ1v) is 34.3. The number of carboxylic acids is 2. The molecule has 5 unspecified atom stereocenters. The van der Waals surface area contributed by atoms with E-state index in [4.69, 9.17) is 57.1 Å². The maximum absolute atomic E-state index is 14.2. The lowest BCUT2D eigenvalue weighted by molar-refractivity contribution is -0.142. The fourth-order valence-electron chi connectivity index (χ4n) is 8.08. The number of thioether (sulfide) groups is 1. The van der Waals surface area contributed by atoms with Crippen molar-refractivity contribution in [3.63, 3.8) is 0 Å². The van der Waals surface area contributed by atoms with Crippen molar-refractivity contribution in [2.24, 2.45) is 38.7 Å². The third-order valence-electron chi connectivity index (χ3n) is 12.8. The van der Waals surface area contributed by atoms with E-state index in [0.29, 0.717) is 18.7 Å². The fourth-order valence-corrected chi connectivity index (χ4v) is 10.9. The minimum absolute atomic E-state index is 0.00473. The molecule has 22 N–H and O–H groups in total. The molecule has 1 aromatic carbocycles. The van der Waals surface area contributed by atoms with Gasteiger partial charge < -0.3 is 120 Å². The summed E-state index contributed by atoms with van der Waals surface area (Å²) in [6.07, 6.45) is 0.573. The molecule has 10 amide bonds. The number of guanidine groups is 2. The van der Waals surface area contributed by atoms with Crippen LogP contribution in [0, 0.1) is 0 Å². The molecular formula is C56H93N17O20S3. The summed E-state index contributed by atoms with van der Waals surface area (Å²) in [5.41, 5.74) is 27.9. The number of aliphatic carboxylic acids is 2. The Morgan fingerprint density at radius 3 is 1.73 bits per heavy atom. The number of nitrogens with one attached hydrogen (secondary N) is 10. The second kappa shape index (κ2) is 51.4. The Labute approximate surface area is 567 Å². The minimum Gasteiger partial charge on any atom is -0.481 e.